The minimum atomic E-state index is -0.205. The molecule has 3 rings (SSSR count). The van der Waals surface area contributed by atoms with E-state index >= 15 is 0 Å². The van der Waals surface area contributed by atoms with Crippen molar-refractivity contribution in [1.29, 1.82) is 0 Å². The van der Waals surface area contributed by atoms with Gasteiger partial charge in [0.05, 0.1) is 17.2 Å². The molecule has 2 amide bonds. The smallest absolute Gasteiger partial charge is 0.262 e. The van der Waals surface area contributed by atoms with Gasteiger partial charge in [-0.2, -0.15) is 0 Å². The van der Waals surface area contributed by atoms with Gasteiger partial charge in [0.2, 0.25) is 0 Å². The Morgan fingerprint density at radius 3 is 1.85 bits per heavy atom. The van der Waals surface area contributed by atoms with Crippen molar-refractivity contribution in [2.24, 2.45) is 0 Å². The lowest BCUT2D eigenvalue weighted by Crippen LogP contribution is -2.33. The highest BCUT2D eigenvalue weighted by atomic mass is 16.2. The van der Waals surface area contributed by atoms with Gasteiger partial charge in [-0.1, -0.05) is 49.4 Å². The third-order valence-electron chi connectivity index (χ3n) is 3.71. The Balaban J connectivity index is 2.03. The first kappa shape index (κ1) is 12.6. The zero-order valence-electron chi connectivity index (χ0n) is 11.2. The SMILES string of the molecule is CC[C@H](c1ccccc1)N1C(=O)c2ccccc2C1=O. The minimum absolute atomic E-state index is 0.193. The molecule has 2 aromatic carbocycles. The van der Waals surface area contributed by atoms with Crippen LogP contribution in [0.25, 0.3) is 0 Å². The number of nitrogens with zero attached hydrogens (tertiary/aromatic N) is 1. The zero-order chi connectivity index (χ0) is 14.1. The summed E-state index contributed by atoms with van der Waals surface area (Å²) in [5, 5.41) is 0. The fourth-order valence-electron chi connectivity index (χ4n) is 2.73. The number of imide groups is 1. The van der Waals surface area contributed by atoms with E-state index in [-0.39, 0.29) is 17.9 Å². The number of amides is 2. The van der Waals surface area contributed by atoms with Gasteiger partial charge >= 0.3 is 0 Å². The van der Waals surface area contributed by atoms with E-state index in [9.17, 15) is 9.59 Å². The summed E-state index contributed by atoms with van der Waals surface area (Å²) in [4.78, 5) is 26.4. The van der Waals surface area contributed by atoms with E-state index in [1.807, 2.05) is 37.3 Å². The molecule has 0 unspecified atom stereocenters. The Morgan fingerprint density at radius 1 is 0.850 bits per heavy atom. The summed E-state index contributed by atoms with van der Waals surface area (Å²) in [5.74, 6) is -0.386. The monoisotopic (exact) mass is 265 g/mol. The number of carbonyl (C=O) groups excluding carboxylic acids is 2. The van der Waals surface area contributed by atoms with Crippen LogP contribution in [0.5, 0.6) is 0 Å². The van der Waals surface area contributed by atoms with Crippen LogP contribution in [0.15, 0.2) is 54.6 Å². The minimum Gasteiger partial charge on any atom is -0.269 e. The first-order valence-corrected chi connectivity index (χ1v) is 6.76. The molecule has 0 saturated carbocycles. The van der Waals surface area contributed by atoms with Gasteiger partial charge in [-0.25, -0.2) is 0 Å². The molecular weight excluding hydrogens is 250 g/mol. The summed E-state index contributed by atoms with van der Waals surface area (Å²) in [5.41, 5.74) is 2.00. The number of hydrogen-bond acceptors (Lipinski definition) is 2. The molecule has 0 saturated heterocycles. The predicted molar refractivity (Wildman–Crippen MR) is 76.4 cm³/mol. The molecule has 0 bridgehead atoms. The molecule has 0 N–H and O–H groups in total. The van der Waals surface area contributed by atoms with Crippen LogP contribution in [-0.2, 0) is 0 Å². The van der Waals surface area contributed by atoms with Crippen LogP contribution < -0.4 is 0 Å². The number of hydrogen-bond donors (Lipinski definition) is 0. The quantitative estimate of drug-likeness (QED) is 0.797. The third-order valence-corrected chi connectivity index (χ3v) is 3.71. The summed E-state index contributed by atoms with van der Waals surface area (Å²) in [6, 6.07) is 16.5. The highest BCUT2D eigenvalue weighted by Gasteiger charge is 2.39. The van der Waals surface area contributed by atoms with E-state index in [0.29, 0.717) is 17.5 Å². The summed E-state index contributed by atoms with van der Waals surface area (Å²) >= 11 is 0. The largest absolute Gasteiger partial charge is 0.269 e. The highest BCUT2D eigenvalue weighted by molar-refractivity contribution is 6.21. The van der Waals surface area contributed by atoms with Crippen molar-refractivity contribution < 1.29 is 9.59 Å². The molecule has 2 aromatic rings. The third kappa shape index (κ3) is 1.83. The van der Waals surface area contributed by atoms with Gasteiger partial charge in [-0.05, 0) is 24.1 Å². The number of benzene rings is 2. The molecule has 1 heterocycles. The molecule has 100 valence electrons. The standard InChI is InChI=1S/C17H15NO2/c1-2-15(12-8-4-3-5-9-12)18-16(19)13-10-6-7-11-14(13)17(18)20/h3-11,15H,2H2,1H3/t15-/m1/s1. The average molecular weight is 265 g/mol. The van der Waals surface area contributed by atoms with E-state index in [2.05, 4.69) is 0 Å². The topological polar surface area (TPSA) is 37.4 Å². The molecule has 0 radical (unpaired) electrons. The highest BCUT2D eigenvalue weighted by Crippen LogP contribution is 2.32. The maximum atomic E-state index is 12.5. The first-order chi connectivity index (χ1) is 9.74. The van der Waals surface area contributed by atoms with E-state index in [1.165, 1.54) is 4.90 Å². The van der Waals surface area contributed by atoms with Crippen LogP contribution in [0.2, 0.25) is 0 Å². The van der Waals surface area contributed by atoms with Gasteiger partial charge in [0.15, 0.2) is 0 Å². The molecule has 3 heteroatoms. The maximum absolute atomic E-state index is 12.5. The van der Waals surface area contributed by atoms with Crippen molar-refractivity contribution in [3.63, 3.8) is 0 Å². The van der Waals surface area contributed by atoms with Crippen LogP contribution in [0.4, 0.5) is 0 Å². The molecule has 1 atom stereocenters. The Labute approximate surface area is 117 Å². The average Bonchev–Trinajstić information content (AvgIpc) is 2.75. The van der Waals surface area contributed by atoms with Crippen molar-refractivity contribution >= 4 is 11.8 Å². The van der Waals surface area contributed by atoms with Gasteiger partial charge in [0.1, 0.15) is 0 Å². The van der Waals surface area contributed by atoms with Gasteiger partial charge < -0.3 is 0 Å². The molecule has 3 nitrogen and oxygen atoms in total. The van der Waals surface area contributed by atoms with Crippen LogP contribution in [-0.4, -0.2) is 16.7 Å². The molecule has 0 aliphatic carbocycles. The van der Waals surface area contributed by atoms with E-state index in [0.717, 1.165) is 5.56 Å². The fraction of sp³-hybridized carbons (Fsp3) is 0.176. The second-order valence-electron chi connectivity index (χ2n) is 4.86. The van der Waals surface area contributed by atoms with Crippen molar-refractivity contribution in [3.05, 3.63) is 71.3 Å². The first-order valence-electron chi connectivity index (χ1n) is 6.76. The summed E-state index contributed by atoms with van der Waals surface area (Å²) in [6.45, 7) is 1.99. The molecule has 1 aliphatic rings. The molecule has 0 spiro atoms. The van der Waals surface area contributed by atoms with Crippen LogP contribution in [0.3, 0.4) is 0 Å². The summed E-state index contributed by atoms with van der Waals surface area (Å²) < 4.78 is 0. The van der Waals surface area contributed by atoms with Crippen LogP contribution >= 0.6 is 0 Å². The number of rotatable bonds is 3. The Bertz CT molecular complexity index is 629. The van der Waals surface area contributed by atoms with Gasteiger partial charge in [0, 0.05) is 0 Å². The fourth-order valence-corrected chi connectivity index (χ4v) is 2.73. The molecule has 0 aromatic heterocycles. The van der Waals surface area contributed by atoms with E-state index in [4.69, 9.17) is 0 Å². The van der Waals surface area contributed by atoms with E-state index in [1.54, 1.807) is 24.3 Å². The maximum Gasteiger partial charge on any atom is 0.262 e. The lowest BCUT2D eigenvalue weighted by atomic mass is 10.0. The van der Waals surface area contributed by atoms with Gasteiger partial charge in [-0.15, -0.1) is 0 Å². The lowest BCUT2D eigenvalue weighted by Gasteiger charge is -2.25. The normalized spacial score (nSPS) is 15.3. The van der Waals surface area contributed by atoms with E-state index < -0.39 is 0 Å². The molecule has 20 heavy (non-hydrogen) atoms. The Morgan fingerprint density at radius 2 is 1.35 bits per heavy atom. The van der Waals surface area contributed by atoms with Crippen LogP contribution in [0, 0.1) is 0 Å². The predicted octanol–water partition coefficient (Wildman–Crippen LogP) is 3.43. The number of carbonyl (C=O) groups is 2. The zero-order valence-corrected chi connectivity index (χ0v) is 11.2. The summed E-state index contributed by atoms with van der Waals surface area (Å²) in [6.07, 6.45) is 0.704. The Kier molecular flexibility index (Phi) is 3.11. The van der Waals surface area contributed by atoms with Gasteiger partial charge in [0.25, 0.3) is 11.8 Å². The lowest BCUT2D eigenvalue weighted by molar-refractivity contribution is 0.0578. The number of fused-ring (bicyclic) bond motifs is 1. The van der Waals surface area contributed by atoms with Crippen molar-refractivity contribution in [2.45, 2.75) is 19.4 Å². The second-order valence-corrected chi connectivity index (χ2v) is 4.86. The van der Waals surface area contributed by atoms with Crippen molar-refractivity contribution in [2.75, 3.05) is 0 Å². The second kappa shape index (κ2) is 4.93. The Hall–Kier alpha value is -2.42. The van der Waals surface area contributed by atoms with Crippen molar-refractivity contribution in [3.8, 4) is 0 Å². The molecule has 1 aliphatic heterocycles. The molecule has 0 fully saturated rings. The van der Waals surface area contributed by atoms with Gasteiger partial charge in [-0.3, -0.25) is 14.5 Å². The summed E-state index contributed by atoms with van der Waals surface area (Å²) in [7, 11) is 0. The van der Waals surface area contributed by atoms with Crippen molar-refractivity contribution in [1.82, 2.24) is 4.90 Å². The van der Waals surface area contributed by atoms with Crippen LogP contribution in [0.1, 0.15) is 45.7 Å². The molecular formula is C17H15NO2.